The average molecular weight is 343 g/mol. The van der Waals surface area contributed by atoms with Crippen molar-refractivity contribution >= 4 is 23.7 Å². The van der Waals surface area contributed by atoms with Gasteiger partial charge in [0.15, 0.2) is 5.76 Å². The first kappa shape index (κ1) is 16.0. The van der Waals surface area contributed by atoms with Crippen molar-refractivity contribution in [2.45, 2.75) is 0 Å². The molecule has 24 heavy (non-hydrogen) atoms. The molecule has 0 saturated heterocycles. The summed E-state index contributed by atoms with van der Waals surface area (Å²) < 4.78 is 19.1. The molecule has 4 nitrogen and oxygen atoms in total. The molecule has 0 saturated carbocycles. The molecule has 6 heteroatoms. The monoisotopic (exact) mass is 342 g/mol. The summed E-state index contributed by atoms with van der Waals surface area (Å²) in [4.78, 5) is 12.0. The lowest BCUT2D eigenvalue weighted by atomic mass is 10.1. The van der Waals surface area contributed by atoms with Gasteiger partial charge in [-0.3, -0.25) is 4.79 Å². The van der Waals surface area contributed by atoms with Gasteiger partial charge in [-0.1, -0.05) is 35.9 Å². The van der Waals surface area contributed by atoms with Gasteiger partial charge in [0.05, 0.1) is 11.8 Å². The summed E-state index contributed by atoms with van der Waals surface area (Å²) in [5, 5.41) is 4.46. The van der Waals surface area contributed by atoms with Crippen LogP contribution in [0.1, 0.15) is 16.1 Å². The van der Waals surface area contributed by atoms with E-state index in [0.29, 0.717) is 10.6 Å². The zero-order valence-corrected chi connectivity index (χ0v) is 13.1. The Morgan fingerprint density at radius 2 is 1.83 bits per heavy atom. The van der Waals surface area contributed by atoms with E-state index in [2.05, 4.69) is 10.5 Å². The fourth-order valence-electron chi connectivity index (χ4n) is 2.04. The van der Waals surface area contributed by atoms with Crippen LogP contribution in [0.25, 0.3) is 11.3 Å². The van der Waals surface area contributed by atoms with E-state index < -0.39 is 11.7 Å². The number of hydrazone groups is 1. The number of nitrogens with one attached hydrogen (secondary N) is 1. The van der Waals surface area contributed by atoms with Crippen LogP contribution in [0.2, 0.25) is 5.02 Å². The van der Waals surface area contributed by atoms with E-state index in [1.807, 2.05) is 0 Å². The minimum Gasteiger partial charge on any atom is -0.451 e. The zero-order chi connectivity index (χ0) is 16.9. The Morgan fingerprint density at radius 3 is 2.58 bits per heavy atom. The highest BCUT2D eigenvalue weighted by Crippen LogP contribution is 2.24. The van der Waals surface area contributed by atoms with Crippen molar-refractivity contribution in [3.63, 3.8) is 0 Å². The molecule has 1 N–H and O–H groups in total. The fraction of sp³-hybridized carbons (Fsp3) is 0. The molecule has 0 bridgehead atoms. The fourth-order valence-corrected chi connectivity index (χ4v) is 2.16. The summed E-state index contributed by atoms with van der Waals surface area (Å²) in [6.07, 6.45) is 1.48. The molecule has 1 aromatic heterocycles. The van der Waals surface area contributed by atoms with Gasteiger partial charge in [-0.05, 0) is 42.0 Å². The van der Waals surface area contributed by atoms with Crippen LogP contribution in [0.4, 0.5) is 4.39 Å². The van der Waals surface area contributed by atoms with Crippen molar-refractivity contribution in [2.24, 2.45) is 5.10 Å². The van der Waals surface area contributed by atoms with Crippen LogP contribution in [0.3, 0.4) is 0 Å². The van der Waals surface area contributed by atoms with E-state index in [4.69, 9.17) is 16.0 Å². The smallest absolute Gasteiger partial charge is 0.307 e. The van der Waals surface area contributed by atoms with Gasteiger partial charge in [0.1, 0.15) is 11.6 Å². The number of carbonyl (C=O) groups excluding carboxylic acids is 1. The lowest BCUT2D eigenvalue weighted by Crippen LogP contribution is -2.16. The van der Waals surface area contributed by atoms with Crippen LogP contribution in [0.15, 0.2) is 70.2 Å². The van der Waals surface area contributed by atoms with E-state index in [9.17, 15) is 9.18 Å². The first-order chi connectivity index (χ1) is 11.6. The highest BCUT2D eigenvalue weighted by atomic mass is 35.5. The number of amides is 1. The molecule has 3 aromatic rings. The predicted molar refractivity (Wildman–Crippen MR) is 90.6 cm³/mol. The summed E-state index contributed by atoms with van der Waals surface area (Å²) >= 11 is 5.79. The number of benzene rings is 2. The average Bonchev–Trinajstić information content (AvgIpc) is 3.07. The van der Waals surface area contributed by atoms with Gasteiger partial charge in [0, 0.05) is 5.02 Å². The largest absolute Gasteiger partial charge is 0.451 e. The second-order valence-corrected chi connectivity index (χ2v) is 5.33. The predicted octanol–water partition coefficient (Wildman–Crippen LogP) is 4.50. The van der Waals surface area contributed by atoms with Gasteiger partial charge in [-0.2, -0.15) is 5.10 Å². The van der Waals surface area contributed by atoms with Crippen molar-refractivity contribution in [1.82, 2.24) is 5.43 Å². The quantitative estimate of drug-likeness (QED) is 0.560. The van der Waals surface area contributed by atoms with Crippen molar-refractivity contribution < 1.29 is 13.6 Å². The summed E-state index contributed by atoms with van der Waals surface area (Å²) in [6.45, 7) is 0. The molecule has 0 aliphatic carbocycles. The number of furan rings is 1. The van der Waals surface area contributed by atoms with E-state index >= 15 is 0 Å². The molecule has 1 amide bonds. The van der Waals surface area contributed by atoms with Gasteiger partial charge in [0.25, 0.3) is 0 Å². The van der Waals surface area contributed by atoms with E-state index in [-0.39, 0.29) is 11.5 Å². The Balaban J connectivity index is 1.68. The Morgan fingerprint density at radius 1 is 1.08 bits per heavy atom. The van der Waals surface area contributed by atoms with E-state index in [1.165, 1.54) is 24.4 Å². The van der Waals surface area contributed by atoms with Gasteiger partial charge < -0.3 is 4.42 Å². The molecule has 0 unspecified atom stereocenters. The number of halogens is 2. The van der Waals surface area contributed by atoms with Crippen LogP contribution < -0.4 is 5.43 Å². The lowest BCUT2D eigenvalue weighted by Gasteiger charge is -1.99. The summed E-state index contributed by atoms with van der Waals surface area (Å²) in [6, 6.07) is 16.2. The molecule has 0 aliphatic heterocycles. The summed E-state index contributed by atoms with van der Waals surface area (Å²) in [5.74, 6) is -0.621. The third-order valence-corrected chi connectivity index (χ3v) is 3.47. The number of carbonyl (C=O) groups is 1. The molecule has 0 aliphatic rings. The molecule has 120 valence electrons. The summed E-state index contributed by atoms with van der Waals surface area (Å²) in [7, 11) is 0. The second kappa shape index (κ2) is 7.10. The molecule has 0 fully saturated rings. The van der Waals surface area contributed by atoms with Gasteiger partial charge in [0.2, 0.25) is 0 Å². The molecular formula is C18H12ClFN2O2. The van der Waals surface area contributed by atoms with Crippen molar-refractivity contribution in [2.75, 3.05) is 0 Å². The Hall–Kier alpha value is -2.92. The molecular weight excluding hydrogens is 331 g/mol. The van der Waals surface area contributed by atoms with Gasteiger partial charge in [-0.25, -0.2) is 9.82 Å². The SMILES string of the molecule is O=C(N/N=C/c1ccc(Cl)cc1)c1ccc(-c2ccccc2F)o1. The minimum absolute atomic E-state index is 0.0431. The van der Waals surface area contributed by atoms with Crippen LogP contribution in [0.5, 0.6) is 0 Å². The standard InChI is InChI=1S/C18H12ClFN2O2/c19-13-7-5-12(6-8-13)11-21-22-18(23)17-10-9-16(24-17)14-3-1-2-4-15(14)20/h1-11H,(H,22,23)/b21-11+. The molecule has 0 spiro atoms. The minimum atomic E-state index is -0.525. The van der Waals surface area contributed by atoms with Crippen LogP contribution in [-0.4, -0.2) is 12.1 Å². The van der Waals surface area contributed by atoms with E-state index in [1.54, 1.807) is 42.5 Å². The lowest BCUT2D eigenvalue weighted by molar-refractivity contribution is 0.0928. The van der Waals surface area contributed by atoms with Gasteiger partial charge in [-0.15, -0.1) is 0 Å². The molecule has 0 radical (unpaired) electrons. The van der Waals surface area contributed by atoms with Crippen LogP contribution in [-0.2, 0) is 0 Å². The first-order valence-corrected chi connectivity index (χ1v) is 7.45. The third kappa shape index (κ3) is 3.70. The molecule has 3 rings (SSSR count). The third-order valence-electron chi connectivity index (χ3n) is 3.22. The number of hydrogen-bond donors (Lipinski definition) is 1. The highest BCUT2D eigenvalue weighted by Gasteiger charge is 2.13. The highest BCUT2D eigenvalue weighted by molar-refractivity contribution is 6.30. The van der Waals surface area contributed by atoms with Crippen molar-refractivity contribution in [3.05, 3.63) is 82.8 Å². The second-order valence-electron chi connectivity index (χ2n) is 4.89. The van der Waals surface area contributed by atoms with E-state index in [0.717, 1.165) is 5.56 Å². The first-order valence-electron chi connectivity index (χ1n) is 7.07. The Labute approximate surface area is 142 Å². The van der Waals surface area contributed by atoms with Crippen LogP contribution >= 0.6 is 11.6 Å². The number of hydrogen-bond acceptors (Lipinski definition) is 3. The zero-order valence-electron chi connectivity index (χ0n) is 12.4. The van der Waals surface area contributed by atoms with Crippen LogP contribution in [0, 0.1) is 5.82 Å². The number of rotatable bonds is 4. The maximum atomic E-state index is 13.7. The number of nitrogens with zero attached hydrogens (tertiary/aromatic N) is 1. The molecule has 2 aromatic carbocycles. The Kier molecular flexibility index (Phi) is 4.72. The Bertz CT molecular complexity index is 888. The van der Waals surface area contributed by atoms with Gasteiger partial charge >= 0.3 is 5.91 Å². The van der Waals surface area contributed by atoms with Crippen molar-refractivity contribution in [3.8, 4) is 11.3 Å². The summed E-state index contributed by atoms with van der Waals surface area (Å²) in [5.41, 5.74) is 3.43. The maximum Gasteiger partial charge on any atom is 0.307 e. The topological polar surface area (TPSA) is 54.6 Å². The molecule has 0 atom stereocenters. The normalized spacial score (nSPS) is 10.9. The van der Waals surface area contributed by atoms with Crippen molar-refractivity contribution in [1.29, 1.82) is 0 Å². The maximum absolute atomic E-state index is 13.7. The molecule has 1 heterocycles.